The molecule has 0 aromatic carbocycles. The second-order valence-corrected chi connectivity index (χ2v) is 7.29. The van der Waals surface area contributed by atoms with Gasteiger partial charge in [0.15, 0.2) is 0 Å². The van der Waals surface area contributed by atoms with E-state index < -0.39 is 11.6 Å². The Kier molecular flexibility index (Phi) is 4.28. The number of aromatic nitrogens is 1. The summed E-state index contributed by atoms with van der Waals surface area (Å²) in [4.78, 5) is 29.1. The van der Waals surface area contributed by atoms with Gasteiger partial charge in [-0.15, -0.1) is 11.3 Å². The third kappa shape index (κ3) is 2.87. The summed E-state index contributed by atoms with van der Waals surface area (Å²) in [7, 11) is 0. The molecule has 0 bridgehead atoms. The van der Waals surface area contributed by atoms with Gasteiger partial charge in [-0.3, -0.25) is 10.2 Å². The second-order valence-electron chi connectivity index (χ2n) is 6.43. The smallest absolute Gasteiger partial charge is 0.322 e. The average Bonchev–Trinajstić information content (AvgIpc) is 3.08. The molecule has 24 heavy (non-hydrogen) atoms. The van der Waals surface area contributed by atoms with Crippen LogP contribution in [-0.4, -0.2) is 27.5 Å². The first kappa shape index (κ1) is 16.5. The molecule has 1 aromatic rings. The SMILES string of the molecule is Cc1csc(/C(C#N)=C/NN2C(=O)NC3(CCC(C)CC3)C2=O)n1. The fourth-order valence-corrected chi connectivity index (χ4v) is 3.84. The lowest BCUT2D eigenvalue weighted by molar-refractivity contribution is -0.134. The van der Waals surface area contributed by atoms with Gasteiger partial charge in [0.05, 0.1) is 0 Å². The van der Waals surface area contributed by atoms with Crippen LogP contribution in [0.3, 0.4) is 0 Å². The molecule has 126 valence electrons. The van der Waals surface area contributed by atoms with Crippen molar-refractivity contribution in [2.75, 3.05) is 0 Å². The summed E-state index contributed by atoms with van der Waals surface area (Å²) in [6.07, 6.45) is 4.49. The topological polar surface area (TPSA) is 98.1 Å². The van der Waals surface area contributed by atoms with Crippen molar-refractivity contribution in [2.45, 2.75) is 45.1 Å². The van der Waals surface area contributed by atoms with Gasteiger partial charge in [0.25, 0.3) is 5.91 Å². The minimum absolute atomic E-state index is 0.275. The number of nitrogens with zero attached hydrogens (tertiary/aromatic N) is 3. The molecule has 2 fully saturated rings. The normalized spacial score (nSPS) is 27.3. The van der Waals surface area contributed by atoms with Crippen LogP contribution < -0.4 is 10.7 Å². The molecule has 1 aliphatic heterocycles. The van der Waals surface area contributed by atoms with Gasteiger partial charge in [-0.05, 0) is 38.5 Å². The standard InChI is InChI=1S/C16H19N5O2S/c1-10-3-5-16(6-4-10)14(22)21(15(23)20-16)18-8-12(7-17)13-19-11(2)9-24-13/h8-10,18H,3-6H2,1-2H3,(H,20,23)/b12-8+. The number of carbonyl (C=O) groups excluding carboxylic acids is 2. The Labute approximate surface area is 144 Å². The van der Waals surface area contributed by atoms with Crippen molar-refractivity contribution in [3.05, 3.63) is 22.3 Å². The molecule has 2 heterocycles. The first-order chi connectivity index (χ1) is 11.4. The second kappa shape index (κ2) is 6.24. The van der Waals surface area contributed by atoms with Crippen molar-refractivity contribution in [3.8, 4) is 6.07 Å². The van der Waals surface area contributed by atoms with E-state index in [1.807, 2.05) is 18.4 Å². The van der Waals surface area contributed by atoms with Crippen LogP contribution >= 0.6 is 11.3 Å². The van der Waals surface area contributed by atoms with E-state index in [9.17, 15) is 14.9 Å². The first-order valence-electron chi connectivity index (χ1n) is 7.91. The van der Waals surface area contributed by atoms with Crippen molar-refractivity contribution in [3.63, 3.8) is 0 Å². The van der Waals surface area contributed by atoms with Crippen LogP contribution in [0.25, 0.3) is 5.57 Å². The highest BCUT2D eigenvalue weighted by Crippen LogP contribution is 2.35. The van der Waals surface area contributed by atoms with Gasteiger partial charge in [0, 0.05) is 17.3 Å². The zero-order valence-corrected chi connectivity index (χ0v) is 14.4. The van der Waals surface area contributed by atoms with E-state index in [4.69, 9.17) is 0 Å². The molecule has 0 atom stereocenters. The Bertz CT molecular complexity index is 740. The molecule has 3 amide bonds. The summed E-state index contributed by atoms with van der Waals surface area (Å²) in [5, 5.41) is 15.5. The van der Waals surface area contributed by atoms with Crippen LogP contribution in [0.1, 0.15) is 43.3 Å². The van der Waals surface area contributed by atoms with E-state index in [0.717, 1.165) is 23.5 Å². The van der Waals surface area contributed by atoms with Crippen LogP contribution in [0.2, 0.25) is 0 Å². The maximum absolute atomic E-state index is 12.7. The number of imide groups is 1. The molecule has 0 radical (unpaired) electrons. The number of thiazole rings is 1. The quantitative estimate of drug-likeness (QED) is 0.647. The molecule has 3 rings (SSSR count). The highest BCUT2D eigenvalue weighted by molar-refractivity contribution is 7.10. The third-order valence-corrected chi connectivity index (χ3v) is 5.59. The number of aryl methyl sites for hydroxylation is 1. The van der Waals surface area contributed by atoms with E-state index in [1.165, 1.54) is 17.5 Å². The van der Waals surface area contributed by atoms with E-state index in [2.05, 4.69) is 22.7 Å². The van der Waals surface area contributed by atoms with Gasteiger partial charge >= 0.3 is 6.03 Å². The Morgan fingerprint density at radius 1 is 1.54 bits per heavy atom. The number of hydrazine groups is 1. The molecule has 0 unspecified atom stereocenters. The Morgan fingerprint density at radius 3 is 2.83 bits per heavy atom. The van der Waals surface area contributed by atoms with Crippen molar-refractivity contribution in [2.24, 2.45) is 5.92 Å². The number of urea groups is 1. The van der Waals surface area contributed by atoms with Crippen LogP contribution in [0.15, 0.2) is 11.6 Å². The first-order valence-corrected chi connectivity index (χ1v) is 8.79. The van der Waals surface area contributed by atoms with Crippen molar-refractivity contribution in [1.82, 2.24) is 20.7 Å². The molecule has 2 N–H and O–H groups in total. The van der Waals surface area contributed by atoms with E-state index >= 15 is 0 Å². The number of amides is 3. The largest absolute Gasteiger partial charge is 0.344 e. The summed E-state index contributed by atoms with van der Waals surface area (Å²) < 4.78 is 0. The van der Waals surface area contributed by atoms with Gasteiger partial charge in [-0.2, -0.15) is 10.3 Å². The lowest BCUT2D eigenvalue weighted by Gasteiger charge is -2.33. The van der Waals surface area contributed by atoms with Crippen molar-refractivity contribution in [1.29, 1.82) is 5.26 Å². The Morgan fingerprint density at radius 2 is 2.25 bits per heavy atom. The number of allylic oxidation sites excluding steroid dienone is 1. The zero-order valence-electron chi connectivity index (χ0n) is 13.6. The minimum Gasteiger partial charge on any atom is -0.322 e. The third-order valence-electron chi connectivity index (χ3n) is 4.60. The molecule has 2 aliphatic rings. The number of nitrogens with one attached hydrogen (secondary N) is 2. The maximum Gasteiger partial charge on any atom is 0.344 e. The number of hydrogen-bond acceptors (Lipinski definition) is 6. The summed E-state index contributed by atoms with van der Waals surface area (Å²) >= 11 is 1.34. The number of carbonyl (C=O) groups is 2. The lowest BCUT2D eigenvalue weighted by Crippen LogP contribution is -2.50. The van der Waals surface area contributed by atoms with E-state index in [0.29, 0.717) is 23.8 Å². The lowest BCUT2D eigenvalue weighted by atomic mass is 9.77. The van der Waals surface area contributed by atoms with Gasteiger partial charge in [-0.1, -0.05) is 6.92 Å². The highest BCUT2D eigenvalue weighted by Gasteiger charge is 2.52. The fraction of sp³-hybridized carbons (Fsp3) is 0.500. The summed E-state index contributed by atoms with van der Waals surface area (Å²) in [6, 6.07) is 1.57. The molecular formula is C16H19N5O2S. The molecule has 1 aliphatic carbocycles. The molecule has 1 aromatic heterocycles. The highest BCUT2D eigenvalue weighted by atomic mass is 32.1. The number of rotatable bonds is 3. The molecule has 7 nitrogen and oxygen atoms in total. The van der Waals surface area contributed by atoms with Gasteiger partial charge in [0.1, 0.15) is 22.2 Å². The molecular weight excluding hydrogens is 326 g/mol. The predicted octanol–water partition coefficient (Wildman–Crippen LogP) is 2.32. The van der Waals surface area contributed by atoms with E-state index in [-0.39, 0.29) is 11.5 Å². The van der Waals surface area contributed by atoms with Crippen molar-refractivity contribution < 1.29 is 9.59 Å². The summed E-state index contributed by atoms with van der Waals surface area (Å²) in [5.74, 6) is 0.295. The monoisotopic (exact) mass is 345 g/mol. The van der Waals surface area contributed by atoms with Crippen molar-refractivity contribution >= 4 is 28.8 Å². The molecule has 1 spiro atoms. The van der Waals surface area contributed by atoms with Gasteiger partial charge in [0.2, 0.25) is 0 Å². The number of hydrogen-bond donors (Lipinski definition) is 2. The van der Waals surface area contributed by atoms with Crippen LogP contribution in [-0.2, 0) is 4.79 Å². The van der Waals surface area contributed by atoms with Gasteiger partial charge < -0.3 is 5.32 Å². The van der Waals surface area contributed by atoms with Crippen LogP contribution in [0.5, 0.6) is 0 Å². The molecule has 8 heteroatoms. The fourth-order valence-electron chi connectivity index (χ4n) is 3.08. The maximum atomic E-state index is 12.7. The zero-order chi connectivity index (χ0) is 17.3. The van der Waals surface area contributed by atoms with E-state index in [1.54, 1.807) is 0 Å². The van der Waals surface area contributed by atoms with Gasteiger partial charge in [-0.25, -0.2) is 9.78 Å². The minimum atomic E-state index is -0.797. The predicted molar refractivity (Wildman–Crippen MR) is 89.3 cm³/mol. The Balaban J connectivity index is 1.75. The summed E-state index contributed by atoms with van der Waals surface area (Å²) in [5.41, 5.74) is 2.98. The molecule has 1 saturated heterocycles. The van der Waals surface area contributed by atoms with Crippen LogP contribution in [0.4, 0.5) is 4.79 Å². The summed E-state index contributed by atoms with van der Waals surface area (Å²) in [6.45, 7) is 4.00. The molecule has 1 saturated carbocycles. The average molecular weight is 345 g/mol. The number of nitriles is 1. The Hall–Kier alpha value is -2.40. The van der Waals surface area contributed by atoms with Crippen LogP contribution in [0, 0.1) is 24.2 Å².